The van der Waals surface area contributed by atoms with Crippen molar-refractivity contribution in [2.75, 3.05) is 24.3 Å². The fraction of sp³-hybridized carbons (Fsp3) is 0.0952. The quantitative estimate of drug-likeness (QED) is 0.492. The number of methoxy groups -OCH3 is 2. The number of ether oxygens (including phenoxy) is 2. The van der Waals surface area contributed by atoms with Crippen LogP contribution in [0.4, 0.5) is 11.4 Å². The summed E-state index contributed by atoms with van der Waals surface area (Å²) < 4.78 is 38.5. The van der Waals surface area contributed by atoms with E-state index in [0.717, 1.165) is 0 Å². The van der Waals surface area contributed by atoms with E-state index in [1.54, 1.807) is 30.3 Å². The van der Waals surface area contributed by atoms with Gasteiger partial charge < -0.3 is 14.8 Å². The molecule has 2 N–H and O–H groups in total. The zero-order chi connectivity index (χ0) is 22.6. The first kappa shape index (κ1) is 22.7. The molecule has 0 aliphatic carbocycles. The smallest absolute Gasteiger partial charge is 0.263 e. The average Bonchev–Trinajstić information content (AvgIpc) is 2.75. The second-order valence-electron chi connectivity index (χ2n) is 6.25. The molecule has 7 nitrogen and oxygen atoms in total. The summed E-state index contributed by atoms with van der Waals surface area (Å²) in [6.07, 6.45) is 0. The fourth-order valence-electron chi connectivity index (χ4n) is 2.74. The summed E-state index contributed by atoms with van der Waals surface area (Å²) in [5, 5.41) is 2.93. The molecule has 3 aromatic carbocycles. The topological polar surface area (TPSA) is 93.7 Å². The number of hydrogen-bond acceptors (Lipinski definition) is 5. The number of carbonyl (C=O) groups is 1. The molecule has 162 valence electrons. The van der Waals surface area contributed by atoms with Crippen LogP contribution < -0.4 is 19.5 Å². The molecule has 10 heteroatoms. The van der Waals surface area contributed by atoms with Gasteiger partial charge in [-0.3, -0.25) is 9.52 Å². The predicted octanol–water partition coefficient (Wildman–Crippen LogP) is 5.06. The summed E-state index contributed by atoms with van der Waals surface area (Å²) in [4.78, 5) is 12.7. The minimum Gasteiger partial charge on any atom is -0.497 e. The Morgan fingerprint density at radius 1 is 0.903 bits per heavy atom. The number of sulfonamides is 1. The minimum atomic E-state index is -4.10. The second kappa shape index (κ2) is 9.47. The maximum atomic E-state index is 12.9. The normalized spacial score (nSPS) is 11.0. The number of amides is 1. The fourth-order valence-corrected chi connectivity index (χ4v) is 4.59. The van der Waals surface area contributed by atoms with Crippen LogP contribution in [0.1, 0.15) is 10.4 Å². The van der Waals surface area contributed by atoms with Crippen LogP contribution >= 0.6 is 23.2 Å². The van der Waals surface area contributed by atoms with Crippen LogP contribution in [0.25, 0.3) is 0 Å². The van der Waals surface area contributed by atoms with Crippen molar-refractivity contribution in [2.45, 2.75) is 4.90 Å². The number of anilines is 2. The van der Waals surface area contributed by atoms with E-state index in [-0.39, 0.29) is 26.2 Å². The number of rotatable bonds is 7. The Kier molecular flexibility index (Phi) is 6.94. The van der Waals surface area contributed by atoms with Crippen molar-refractivity contribution in [1.82, 2.24) is 0 Å². The van der Waals surface area contributed by atoms with Gasteiger partial charge in [-0.25, -0.2) is 8.42 Å². The first-order valence-electron chi connectivity index (χ1n) is 8.85. The number of benzene rings is 3. The molecule has 0 atom stereocenters. The highest BCUT2D eigenvalue weighted by Gasteiger charge is 2.22. The van der Waals surface area contributed by atoms with Gasteiger partial charge in [-0.2, -0.15) is 0 Å². The van der Waals surface area contributed by atoms with Gasteiger partial charge in [0.1, 0.15) is 16.4 Å². The van der Waals surface area contributed by atoms with E-state index in [2.05, 4.69) is 10.0 Å². The highest BCUT2D eigenvalue weighted by molar-refractivity contribution is 7.92. The lowest BCUT2D eigenvalue weighted by atomic mass is 10.1. The largest absolute Gasteiger partial charge is 0.497 e. The Hall–Kier alpha value is -2.94. The van der Waals surface area contributed by atoms with E-state index >= 15 is 0 Å². The standard InChI is InChI=1S/C21H18Cl2N2O5S/c1-29-14-8-10-18(19(12-14)30-2)24-21(26)15-5-3-4-6-17(15)25-31(27,28)20-11-13(22)7-9-16(20)23/h3-12,25H,1-2H3,(H,24,26). The molecule has 0 unspecified atom stereocenters. The van der Waals surface area contributed by atoms with Crippen molar-refractivity contribution in [3.63, 3.8) is 0 Å². The molecule has 31 heavy (non-hydrogen) atoms. The van der Waals surface area contributed by atoms with Crippen LogP contribution in [0.15, 0.2) is 65.6 Å². The lowest BCUT2D eigenvalue weighted by Gasteiger charge is -2.15. The van der Waals surface area contributed by atoms with Gasteiger partial charge in [0, 0.05) is 11.1 Å². The van der Waals surface area contributed by atoms with Gasteiger partial charge in [0.15, 0.2) is 0 Å². The van der Waals surface area contributed by atoms with Crippen LogP contribution in [0, 0.1) is 0 Å². The molecule has 3 rings (SSSR count). The van der Waals surface area contributed by atoms with Gasteiger partial charge in [0.05, 0.1) is 36.2 Å². The molecule has 0 bridgehead atoms. The highest BCUT2D eigenvalue weighted by Crippen LogP contribution is 2.31. The molecule has 0 spiro atoms. The summed E-state index contributed by atoms with van der Waals surface area (Å²) >= 11 is 11.9. The van der Waals surface area contributed by atoms with E-state index in [0.29, 0.717) is 17.2 Å². The van der Waals surface area contributed by atoms with E-state index in [9.17, 15) is 13.2 Å². The van der Waals surface area contributed by atoms with Crippen molar-refractivity contribution < 1.29 is 22.7 Å². The Bertz CT molecular complexity index is 1230. The van der Waals surface area contributed by atoms with Crippen LogP contribution in [0.3, 0.4) is 0 Å². The lowest BCUT2D eigenvalue weighted by Crippen LogP contribution is -2.19. The van der Waals surface area contributed by atoms with Gasteiger partial charge in [-0.1, -0.05) is 35.3 Å². The zero-order valence-electron chi connectivity index (χ0n) is 16.5. The third-order valence-electron chi connectivity index (χ3n) is 4.26. The minimum absolute atomic E-state index is 0.00167. The summed E-state index contributed by atoms with van der Waals surface area (Å²) in [6.45, 7) is 0. The predicted molar refractivity (Wildman–Crippen MR) is 121 cm³/mol. The van der Waals surface area contributed by atoms with Gasteiger partial charge >= 0.3 is 0 Å². The van der Waals surface area contributed by atoms with Crippen molar-refractivity contribution in [3.05, 3.63) is 76.3 Å². The number of para-hydroxylation sites is 1. The molecule has 0 aromatic heterocycles. The molecule has 0 aliphatic rings. The van der Waals surface area contributed by atoms with E-state index in [4.69, 9.17) is 32.7 Å². The van der Waals surface area contributed by atoms with Crippen molar-refractivity contribution in [2.24, 2.45) is 0 Å². The van der Waals surface area contributed by atoms with E-state index < -0.39 is 15.9 Å². The van der Waals surface area contributed by atoms with Gasteiger partial charge in [-0.15, -0.1) is 0 Å². The van der Waals surface area contributed by atoms with Crippen molar-refractivity contribution in [1.29, 1.82) is 0 Å². The van der Waals surface area contributed by atoms with Gasteiger partial charge in [0.2, 0.25) is 0 Å². The number of nitrogens with one attached hydrogen (secondary N) is 2. The molecular formula is C21H18Cl2N2O5S. The zero-order valence-corrected chi connectivity index (χ0v) is 18.8. The molecule has 0 saturated carbocycles. The molecule has 0 radical (unpaired) electrons. The van der Waals surface area contributed by atoms with Crippen LogP contribution in [-0.2, 0) is 10.0 Å². The molecular weight excluding hydrogens is 463 g/mol. The molecule has 3 aromatic rings. The average molecular weight is 481 g/mol. The first-order valence-corrected chi connectivity index (χ1v) is 11.1. The molecule has 0 heterocycles. The Labute approximate surface area is 189 Å². The number of halogens is 2. The Morgan fingerprint density at radius 2 is 1.65 bits per heavy atom. The maximum Gasteiger partial charge on any atom is 0.263 e. The van der Waals surface area contributed by atoms with Crippen LogP contribution in [-0.4, -0.2) is 28.5 Å². The SMILES string of the molecule is COc1ccc(NC(=O)c2ccccc2NS(=O)(=O)c2cc(Cl)ccc2Cl)c(OC)c1. The van der Waals surface area contributed by atoms with Crippen molar-refractivity contribution in [3.8, 4) is 11.5 Å². The number of hydrogen-bond donors (Lipinski definition) is 2. The monoisotopic (exact) mass is 480 g/mol. The third kappa shape index (κ3) is 5.22. The second-order valence-corrected chi connectivity index (χ2v) is 8.74. The van der Waals surface area contributed by atoms with E-state index in [1.807, 2.05) is 0 Å². The Morgan fingerprint density at radius 3 is 2.35 bits per heavy atom. The number of carbonyl (C=O) groups excluding carboxylic acids is 1. The lowest BCUT2D eigenvalue weighted by molar-refractivity contribution is 0.102. The van der Waals surface area contributed by atoms with Crippen LogP contribution in [0.5, 0.6) is 11.5 Å². The molecule has 0 fully saturated rings. The third-order valence-corrected chi connectivity index (χ3v) is 6.34. The summed E-state index contributed by atoms with van der Waals surface area (Å²) in [6, 6.07) is 15.2. The maximum absolute atomic E-state index is 12.9. The molecule has 0 saturated heterocycles. The Balaban J connectivity index is 1.92. The molecule has 1 amide bonds. The van der Waals surface area contributed by atoms with E-state index in [1.165, 1.54) is 44.6 Å². The summed E-state index contributed by atoms with van der Waals surface area (Å²) in [5.74, 6) is 0.400. The highest BCUT2D eigenvalue weighted by atomic mass is 35.5. The summed E-state index contributed by atoms with van der Waals surface area (Å²) in [5.41, 5.74) is 0.564. The van der Waals surface area contributed by atoms with Crippen LogP contribution in [0.2, 0.25) is 10.0 Å². The first-order chi connectivity index (χ1) is 14.7. The molecule has 0 aliphatic heterocycles. The van der Waals surface area contributed by atoms with Gasteiger partial charge in [-0.05, 0) is 42.5 Å². The van der Waals surface area contributed by atoms with Gasteiger partial charge in [0.25, 0.3) is 15.9 Å². The van der Waals surface area contributed by atoms with Crippen molar-refractivity contribution >= 4 is 50.5 Å². The summed E-state index contributed by atoms with van der Waals surface area (Å²) in [7, 11) is -1.13.